The van der Waals surface area contributed by atoms with E-state index in [0.29, 0.717) is 5.57 Å². The summed E-state index contributed by atoms with van der Waals surface area (Å²) >= 11 is 3.66. The highest BCUT2D eigenvalue weighted by Gasteiger charge is 2.44. The molecule has 0 saturated carbocycles. The van der Waals surface area contributed by atoms with Gasteiger partial charge in [0.2, 0.25) is 5.91 Å². The van der Waals surface area contributed by atoms with Gasteiger partial charge in [0.05, 0.1) is 0 Å². The van der Waals surface area contributed by atoms with Crippen LogP contribution in [0.5, 0.6) is 0 Å². The van der Waals surface area contributed by atoms with Crippen molar-refractivity contribution in [1.29, 1.82) is 0 Å². The van der Waals surface area contributed by atoms with E-state index in [1.165, 1.54) is 0 Å². The summed E-state index contributed by atoms with van der Waals surface area (Å²) in [6, 6.07) is 0.206. The predicted molar refractivity (Wildman–Crippen MR) is 74.9 cm³/mol. The maximum absolute atomic E-state index is 11.7. The Morgan fingerprint density at radius 2 is 1.71 bits per heavy atom. The maximum Gasteiger partial charge on any atom is 0.246 e. The molecule has 1 N–H and O–H groups in total. The van der Waals surface area contributed by atoms with Gasteiger partial charge < -0.3 is 5.32 Å². The Kier molecular flexibility index (Phi) is 4.09. The van der Waals surface area contributed by atoms with Crippen LogP contribution in [0.15, 0.2) is 12.2 Å². The summed E-state index contributed by atoms with van der Waals surface area (Å²) in [5, 5.41) is 3.06. The van der Waals surface area contributed by atoms with Crippen molar-refractivity contribution in [1.82, 2.24) is 9.24 Å². The molecule has 0 aromatic rings. The predicted octanol–water partition coefficient (Wildman–Crippen LogP) is 3.01. The van der Waals surface area contributed by atoms with Gasteiger partial charge in [0.1, 0.15) is 0 Å². The zero-order valence-electron chi connectivity index (χ0n) is 11.4. The first-order chi connectivity index (χ1) is 7.56. The van der Waals surface area contributed by atoms with Gasteiger partial charge in [0.15, 0.2) is 0 Å². The fourth-order valence-corrected chi connectivity index (χ4v) is 2.96. The molecule has 17 heavy (non-hydrogen) atoms. The van der Waals surface area contributed by atoms with Crippen molar-refractivity contribution in [2.45, 2.75) is 64.6 Å². The molecule has 4 heteroatoms. The minimum atomic E-state index is -0.0374. The fourth-order valence-electron chi connectivity index (χ4n) is 2.67. The topological polar surface area (TPSA) is 32.3 Å². The normalized spacial score (nSPS) is 24.4. The number of rotatable bonds is 2. The summed E-state index contributed by atoms with van der Waals surface area (Å²) in [6.07, 6.45) is 1.86. The van der Waals surface area contributed by atoms with Crippen molar-refractivity contribution in [3.05, 3.63) is 12.2 Å². The third-order valence-corrected chi connectivity index (χ3v) is 5.20. The van der Waals surface area contributed by atoms with Gasteiger partial charge in [0.25, 0.3) is 0 Å². The van der Waals surface area contributed by atoms with Crippen LogP contribution in [0.2, 0.25) is 0 Å². The molecular weight excluding hydrogens is 280 g/mol. The number of carbonyl (C=O) groups excluding carboxylic acids is 1. The highest BCUT2D eigenvalue weighted by molar-refractivity contribution is 9.07. The van der Waals surface area contributed by atoms with Gasteiger partial charge in [-0.2, -0.15) is 0 Å². The van der Waals surface area contributed by atoms with E-state index in [0.717, 1.165) is 12.8 Å². The summed E-state index contributed by atoms with van der Waals surface area (Å²) in [5.41, 5.74) is 0.616. The van der Waals surface area contributed by atoms with Gasteiger partial charge in [0, 0.05) is 38.8 Å². The quantitative estimate of drug-likeness (QED) is 0.628. The van der Waals surface area contributed by atoms with Gasteiger partial charge in [-0.1, -0.05) is 6.58 Å². The molecule has 1 rings (SSSR count). The van der Waals surface area contributed by atoms with Crippen LogP contribution in [0.1, 0.15) is 47.5 Å². The number of nitrogens with one attached hydrogen (secondary N) is 1. The Hall–Kier alpha value is -0.350. The molecular formula is C13H23BrN2O. The van der Waals surface area contributed by atoms with Gasteiger partial charge in [-0.05, 0) is 47.5 Å². The Bertz CT molecular complexity index is 318. The first kappa shape index (κ1) is 14.7. The number of halogens is 1. The van der Waals surface area contributed by atoms with Gasteiger partial charge in [-0.15, -0.1) is 0 Å². The smallest absolute Gasteiger partial charge is 0.246 e. The van der Waals surface area contributed by atoms with Crippen LogP contribution in [0.4, 0.5) is 0 Å². The number of nitrogens with zero attached hydrogens (tertiary/aromatic N) is 1. The molecule has 3 nitrogen and oxygen atoms in total. The molecule has 1 fully saturated rings. The van der Waals surface area contributed by atoms with E-state index < -0.39 is 0 Å². The molecule has 0 spiro atoms. The molecule has 0 aromatic carbocycles. The van der Waals surface area contributed by atoms with Crippen LogP contribution >= 0.6 is 16.1 Å². The largest absolute Gasteiger partial charge is 0.349 e. The van der Waals surface area contributed by atoms with Gasteiger partial charge in [-0.3, -0.25) is 4.79 Å². The lowest BCUT2D eigenvalue weighted by Gasteiger charge is -2.51. The van der Waals surface area contributed by atoms with Crippen molar-refractivity contribution >= 4 is 22.1 Å². The van der Waals surface area contributed by atoms with Crippen LogP contribution in [-0.4, -0.2) is 27.0 Å². The summed E-state index contributed by atoms with van der Waals surface area (Å²) in [7, 11) is 0. The number of hydrogen-bond acceptors (Lipinski definition) is 2. The SMILES string of the molecule is C=C(C)C(=O)NC1CC(C)(C)N(Br)C(C)(C)C1. The molecule has 0 radical (unpaired) electrons. The first-order valence-electron chi connectivity index (χ1n) is 5.99. The van der Waals surface area contributed by atoms with E-state index in [1.54, 1.807) is 6.92 Å². The van der Waals surface area contributed by atoms with Gasteiger partial charge >= 0.3 is 0 Å². The van der Waals surface area contributed by atoms with E-state index in [1.807, 2.05) is 0 Å². The number of amides is 1. The van der Waals surface area contributed by atoms with E-state index in [-0.39, 0.29) is 23.0 Å². The van der Waals surface area contributed by atoms with Gasteiger partial charge in [-0.25, -0.2) is 3.93 Å². The molecule has 0 atom stereocenters. The van der Waals surface area contributed by atoms with Crippen LogP contribution in [0, 0.1) is 0 Å². The average molecular weight is 303 g/mol. The highest BCUT2D eigenvalue weighted by atomic mass is 79.9. The van der Waals surface area contributed by atoms with E-state index in [4.69, 9.17) is 0 Å². The van der Waals surface area contributed by atoms with Crippen molar-refractivity contribution < 1.29 is 4.79 Å². The first-order valence-corrected chi connectivity index (χ1v) is 6.70. The lowest BCUT2D eigenvalue weighted by atomic mass is 9.79. The summed E-state index contributed by atoms with van der Waals surface area (Å²) < 4.78 is 2.22. The highest BCUT2D eigenvalue weighted by Crippen LogP contribution is 2.40. The molecule has 1 aliphatic heterocycles. The van der Waals surface area contributed by atoms with E-state index in [9.17, 15) is 4.79 Å². The molecule has 0 unspecified atom stereocenters. The minimum absolute atomic E-state index is 0.0226. The number of piperidine rings is 1. The molecule has 0 aliphatic carbocycles. The lowest BCUT2D eigenvalue weighted by molar-refractivity contribution is -0.119. The molecule has 0 bridgehead atoms. The third-order valence-electron chi connectivity index (χ3n) is 3.28. The summed E-state index contributed by atoms with van der Waals surface area (Å²) in [5.74, 6) is -0.0374. The monoisotopic (exact) mass is 302 g/mol. The second-order valence-electron chi connectivity index (χ2n) is 6.26. The molecule has 0 aromatic heterocycles. The van der Waals surface area contributed by atoms with Crippen LogP contribution in [0.25, 0.3) is 0 Å². The van der Waals surface area contributed by atoms with Crippen molar-refractivity contribution in [2.75, 3.05) is 0 Å². The van der Waals surface area contributed by atoms with Crippen LogP contribution < -0.4 is 5.32 Å². The van der Waals surface area contributed by atoms with Crippen molar-refractivity contribution in [3.8, 4) is 0 Å². The standard InChI is InChI=1S/C13H23BrN2O/c1-9(2)11(17)15-10-7-12(3,4)16(14)13(5,6)8-10/h10H,1,7-8H2,2-6H3,(H,15,17). The zero-order chi connectivity index (χ0) is 13.4. The number of carbonyl (C=O) groups is 1. The Morgan fingerprint density at radius 1 is 1.29 bits per heavy atom. The molecule has 1 heterocycles. The molecule has 1 amide bonds. The average Bonchev–Trinajstić information content (AvgIpc) is 2.12. The summed E-state index contributed by atoms with van der Waals surface area (Å²) in [6.45, 7) is 14.2. The summed E-state index contributed by atoms with van der Waals surface area (Å²) in [4.78, 5) is 11.7. The minimum Gasteiger partial charge on any atom is -0.349 e. The Morgan fingerprint density at radius 3 is 2.06 bits per heavy atom. The second-order valence-corrected chi connectivity index (χ2v) is 6.97. The van der Waals surface area contributed by atoms with E-state index >= 15 is 0 Å². The third kappa shape index (κ3) is 3.32. The fraction of sp³-hybridized carbons (Fsp3) is 0.769. The van der Waals surface area contributed by atoms with E-state index in [2.05, 4.69) is 59.7 Å². The van der Waals surface area contributed by atoms with Crippen LogP contribution in [0.3, 0.4) is 0 Å². The number of hydrogen-bond donors (Lipinski definition) is 1. The molecule has 1 saturated heterocycles. The zero-order valence-corrected chi connectivity index (χ0v) is 13.0. The van der Waals surface area contributed by atoms with Crippen molar-refractivity contribution in [2.24, 2.45) is 0 Å². The maximum atomic E-state index is 11.7. The Labute approximate surface area is 113 Å². The molecule has 98 valence electrons. The van der Waals surface area contributed by atoms with Crippen LogP contribution in [-0.2, 0) is 4.79 Å². The molecule has 1 aliphatic rings. The second kappa shape index (κ2) is 4.73. The lowest BCUT2D eigenvalue weighted by Crippen LogP contribution is -2.60. The van der Waals surface area contributed by atoms with Crippen molar-refractivity contribution in [3.63, 3.8) is 0 Å². The Balaban J connectivity index is 2.78.